The molecule has 5 heteroatoms. The van der Waals surface area contributed by atoms with Crippen molar-refractivity contribution in [1.29, 1.82) is 0 Å². The smallest absolute Gasteiger partial charge is 0.254 e. The van der Waals surface area contributed by atoms with Crippen LogP contribution >= 0.6 is 11.6 Å². The van der Waals surface area contributed by atoms with E-state index in [1.54, 1.807) is 7.11 Å². The van der Waals surface area contributed by atoms with Crippen LogP contribution in [0.2, 0.25) is 5.02 Å². The van der Waals surface area contributed by atoms with Gasteiger partial charge in [-0.2, -0.15) is 0 Å². The number of ether oxygens (including phenoxy) is 1. The van der Waals surface area contributed by atoms with Gasteiger partial charge in [0.15, 0.2) is 6.10 Å². The Morgan fingerprint density at radius 3 is 2.28 bits per heavy atom. The van der Waals surface area contributed by atoms with Gasteiger partial charge < -0.3 is 15.0 Å². The lowest BCUT2D eigenvalue weighted by molar-refractivity contribution is -0.132. The van der Waals surface area contributed by atoms with Gasteiger partial charge in [-0.05, 0) is 50.3 Å². The van der Waals surface area contributed by atoms with Crippen molar-refractivity contribution in [3.63, 3.8) is 0 Å². The van der Waals surface area contributed by atoms with Gasteiger partial charge in [-0.3, -0.25) is 4.79 Å². The molecule has 0 radical (unpaired) electrons. The van der Waals surface area contributed by atoms with Crippen molar-refractivity contribution in [3.8, 4) is 0 Å². The van der Waals surface area contributed by atoms with Crippen LogP contribution in [0, 0.1) is 0 Å². The molecular weight excluding hydrogens is 336 g/mol. The summed E-state index contributed by atoms with van der Waals surface area (Å²) in [5.41, 5.74) is 1.87. The summed E-state index contributed by atoms with van der Waals surface area (Å²) in [4.78, 5) is 14.9. The topological polar surface area (TPSA) is 41.6 Å². The van der Waals surface area contributed by atoms with Crippen molar-refractivity contribution >= 4 is 17.5 Å². The van der Waals surface area contributed by atoms with Gasteiger partial charge in [0.25, 0.3) is 5.91 Å². The third kappa shape index (κ3) is 5.85. The van der Waals surface area contributed by atoms with Gasteiger partial charge in [-0.15, -0.1) is 0 Å². The molecule has 1 N–H and O–H groups in total. The third-order valence-electron chi connectivity index (χ3n) is 4.03. The third-order valence-corrected chi connectivity index (χ3v) is 4.28. The van der Waals surface area contributed by atoms with Crippen LogP contribution in [0.25, 0.3) is 0 Å². The Labute approximate surface area is 154 Å². The molecule has 1 amide bonds. The monoisotopic (exact) mass is 360 g/mol. The zero-order valence-corrected chi connectivity index (χ0v) is 15.7. The Bertz CT molecular complexity index is 659. The van der Waals surface area contributed by atoms with Gasteiger partial charge in [0.2, 0.25) is 0 Å². The van der Waals surface area contributed by atoms with E-state index in [0.29, 0.717) is 5.02 Å². The minimum Gasteiger partial charge on any atom is -0.367 e. The van der Waals surface area contributed by atoms with Gasteiger partial charge in [0.05, 0.1) is 6.04 Å². The molecule has 0 aliphatic carbocycles. The second-order valence-corrected chi connectivity index (χ2v) is 6.67. The van der Waals surface area contributed by atoms with E-state index in [2.05, 4.69) is 10.2 Å². The first-order valence-electron chi connectivity index (χ1n) is 8.29. The molecule has 0 heterocycles. The highest BCUT2D eigenvalue weighted by atomic mass is 35.5. The van der Waals surface area contributed by atoms with Crippen LogP contribution in [-0.2, 0) is 9.53 Å². The predicted molar refractivity (Wildman–Crippen MR) is 102 cm³/mol. The van der Waals surface area contributed by atoms with E-state index in [4.69, 9.17) is 16.3 Å². The number of nitrogens with one attached hydrogen (secondary N) is 1. The maximum absolute atomic E-state index is 12.8. The highest BCUT2D eigenvalue weighted by Crippen LogP contribution is 2.23. The summed E-state index contributed by atoms with van der Waals surface area (Å²) in [6.45, 7) is 0.858. The average molecular weight is 361 g/mol. The van der Waals surface area contributed by atoms with E-state index in [1.807, 2.05) is 68.7 Å². The average Bonchev–Trinajstić information content (AvgIpc) is 2.61. The molecule has 2 aromatic rings. The number of nitrogens with zero attached hydrogens (tertiary/aromatic N) is 1. The molecule has 0 aromatic heterocycles. The van der Waals surface area contributed by atoms with Crippen LogP contribution < -0.4 is 5.32 Å². The maximum atomic E-state index is 12.8. The second-order valence-electron chi connectivity index (χ2n) is 6.23. The molecule has 25 heavy (non-hydrogen) atoms. The number of halogens is 1. The first-order valence-corrected chi connectivity index (χ1v) is 8.67. The van der Waals surface area contributed by atoms with E-state index in [9.17, 15) is 4.79 Å². The van der Waals surface area contributed by atoms with Crippen molar-refractivity contribution in [2.45, 2.75) is 18.6 Å². The van der Waals surface area contributed by atoms with Crippen LogP contribution in [0.3, 0.4) is 0 Å². The Hall–Kier alpha value is -1.88. The number of hydrogen-bond donors (Lipinski definition) is 1. The van der Waals surface area contributed by atoms with Gasteiger partial charge in [-0.25, -0.2) is 0 Å². The summed E-state index contributed by atoms with van der Waals surface area (Å²) in [7, 11) is 5.58. The lowest BCUT2D eigenvalue weighted by atomic mass is 10.0. The van der Waals surface area contributed by atoms with E-state index in [-0.39, 0.29) is 11.9 Å². The number of hydrogen-bond acceptors (Lipinski definition) is 3. The minimum atomic E-state index is -0.629. The lowest BCUT2D eigenvalue weighted by Gasteiger charge is -2.24. The van der Waals surface area contributed by atoms with Crippen molar-refractivity contribution in [2.24, 2.45) is 0 Å². The quantitative estimate of drug-likeness (QED) is 0.777. The molecule has 0 aliphatic rings. The highest BCUT2D eigenvalue weighted by molar-refractivity contribution is 6.30. The molecule has 2 atom stereocenters. The molecule has 0 spiro atoms. The van der Waals surface area contributed by atoms with Crippen molar-refractivity contribution < 1.29 is 9.53 Å². The number of carbonyl (C=O) groups is 1. The van der Waals surface area contributed by atoms with E-state index in [1.165, 1.54) is 0 Å². The van der Waals surface area contributed by atoms with Gasteiger partial charge in [0, 0.05) is 12.1 Å². The number of amides is 1. The van der Waals surface area contributed by atoms with Crippen LogP contribution in [0.5, 0.6) is 0 Å². The number of methoxy groups -OCH3 is 1. The SMILES string of the molecule is CO[C@@H](C(=O)N[C@H](CCN(C)C)c1ccc(Cl)cc1)c1ccccc1. The Morgan fingerprint density at radius 2 is 1.72 bits per heavy atom. The van der Waals surface area contributed by atoms with Crippen LogP contribution in [-0.4, -0.2) is 38.6 Å². The second kappa shape index (κ2) is 9.56. The molecule has 0 bridgehead atoms. The fraction of sp³-hybridized carbons (Fsp3) is 0.350. The van der Waals surface area contributed by atoms with Crippen LogP contribution in [0.4, 0.5) is 0 Å². The molecule has 2 rings (SSSR count). The molecule has 0 saturated heterocycles. The minimum absolute atomic E-state index is 0.103. The molecule has 0 aliphatic heterocycles. The first-order chi connectivity index (χ1) is 12.0. The zero-order chi connectivity index (χ0) is 18.2. The Kier molecular flexibility index (Phi) is 7.44. The Morgan fingerprint density at radius 1 is 1.08 bits per heavy atom. The van der Waals surface area contributed by atoms with Crippen molar-refractivity contribution in [2.75, 3.05) is 27.7 Å². The van der Waals surface area contributed by atoms with Crippen LogP contribution in [0.15, 0.2) is 54.6 Å². The normalized spacial score (nSPS) is 13.5. The lowest BCUT2D eigenvalue weighted by Crippen LogP contribution is -2.35. The predicted octanol–water partition coefficient (Wildman–Crippen LogP) is 3.84. The molecule has 0 fully saturated rings. The maximum Gasteiger partial charge on any atom is 0.254 e. The van der Waals surface area contributed by atoms with Crippen LogP contribution in [0.1, 0.15) is 29.7 Å². The summed E-state index contributed by atoms with van der Waals surface area (Å²) in [6, 6.07) is 17.0. The Balaban J connectivity index is 2.16. The first kappa shape index (κ1) is 19.4. The highest BCUT2D eigenvalue weighted by Gasteiger charge is 2.23. The summed E-state index contributed by atoms with van der Waals surface area (Å²) >= 11 is 5.99. The number of carbonyl (C=O) groups excluding carboxylic acids is 1. The zero-order valence-electron chi connectivity index (χ0n) is 14.9. The van der Waals surface area contributed by atoms with Gasteiger partial charge in [-0.1, -0.05) is 54.1 Å². The molecule has 134 valence electrons. The van der Waals surface area contributed by atoms with Gasteiger partial charge in [0.1, 0.15) is 0 Å². The molecule has 4 nitrogen and oxygen atoms in total. The number of benzene rings is 2. The van der Waals surface area contributed by atoms with E-state index in [0.717, 1.165) is 24.1 Å². The van der Waals surface area contributed by atoms with E-state index < -0.39 is 6.10 Å². The summed E-state index contributed by atoms with van der Waals surface area (Å²) in [5.74, 6) is -0.146. The summed E-state index contributed by atoms with van der Waals surface area (Å²) < 4.78 is 5.44. The van der Waals surface area contributed by atoms with Crippen molar-refractivity contribution in [3.05, 3.63) is 70.7 Å². The molecule has 0 saturated carbocycles. The fourth-order valence-corrected chi connectivity index (χ4v) is 2.80. The number of rotatable bonds is 8. The fourth-order valence-electron chi connectivity index (χ4n) is 2.67. The van der Waals surface area contributed by atoms with Crippen molar-refractivity contribution in [1.82, 2.24) is 10.2 Å². The van der Waals surface area contributed by atoms with E-state index >= 15 is 0 Å². The molecule has 2 aromatic carbocycles. The summed E-state index contributed by atoms with van der Waals surface area (Å²) in [6.07, 6.45) is 0.168. The molecule has 0 unspecified atom stereocenters. The standard InChI is InChI=1S/C20H25ClN2O2/c1-23(2)14-13-18(15-9-11-17(21)12-10-15)22-20(24)19(25-3)16-7-5-4-6-8-16/h4-12,18-19H,13-14H2,1-3H3,(H,22,24)/t18-,19-/m1/s1. The van der Waals surface area contributed by atoms with Gasteiger partial charge >= 0.3 is 0 Å². The molecular formula is C20H25ClN2O2. The summed E-state index contributed by atoms with van der Waals surface area (Å²) in [5, 5.41) is 3.80. The largest absolute Gasteiger partial charge is 0.367 e.